The third-order valence-corrected chi connectivity index (χ3v) is 3.21. The molecule has 0 bridgehead atoms. The molecule has 1 atom stereocenters. The topological polar surface area (TPSA) is 73.6 Å². The van der Waals surface area contributed by atoms with E-state index in [1.807, 2.05) is 24.3 Å². The van der Waals surface area contributed by atoms with Gasteiger partial charge in [-0.1, -0.05) is 23.4 Å². The van der Waals surface area contributed by atoms with E-state index in [0.717, 1.165) is 11.3 Å². The van der Waals surface area contributed by atoms with Gasteiger partial charge >= 0.3 is 0 Å². The molecule has 0 aliphatic carbocycles. The number of carbonyl (C=O) groups is 1. The predicted octanol–water partition coefficient (Wildman–Crippen LogP) is 2.11. The van der Waals surface area contributed by atoms with Crippen LogP contribution in [0.4, 0.5) is 0 Å². The Morgan fingerprint density at radius 2 is 2.14 bits per heavy atom. The summed E-state index contributed by atoms with van der Waals surface area (Å²) in [6, 6.07) is 7.54. The number of carbonyl (C=O) groups excluding carboxylic acids is 1. The molecule has 112 valence electrons. The van der Waals surface area contributed by atoms with Crippen molar-refractivity contribution in [2.75, 3.05) is 20.8 Å². The zero-order chi connectivity index (χ0) is 15.2. The van der Waals surface area contributed by atoms with Crippen LogP contribution in [0.5, 0.6) is 5.75 Å². The summed E-state index contributed by atoms with van der Waals surface area (Å²) >= 11 is 0. The highest BCUT2D eigenvalue weighted by Gasteiger charge is 2.18. The van der Waals surface area contributed by atoms with E-state index < -0.39 is 0 Å². The van der Waals surface area contributed by atoms with Crippen LogP contribution < -0.4 is 10.1 Å². The summed E-state index contributed by atoms with van der Waals surface area (Å²) in [5.41, 5.74) is 1.30. The van der Waals surface area contributed by atoms with Gasteiger partial charge in [0.05, 0.1) is 13.3 Å². The molecule has 2 rings (SSSR count). The largest absolute Gasteiger partial charge is 0.496 e. The van der Waals surface area contributed by atoms with Crippen molar-refractivity contribution in [3.63, 3.8) is 0 Å². The number of methoxy groups -OCH3 is 2. The van der Waals surface area contributed by atoms with Crippen LogP contribution in [0.1, 0.15) is 27.8 Å². The average molecular weight is 290 g/mol. The van der Waals surface area contributed by atoms with Crippen molar-refractivity contribution in [2.24, 2.45) is 0 Å². The van der Waals surface area contributed by atoms with E-state index in [1.54, 1.807) is 21.1 Å². The van der Waals surface area contributed by atoms with Gasteiger partial charge in [0.2, 0.25) is 0 Å². The van der Waals surface area contributed by atoms with Gasteiger partial charge in [-0.05, 0) is 13.0 Å². The molecule has 0 unspecified atom stereocenters. The Kier molecular flexibility index (Phi) is 4.94. The van der Waals surface area contributed by atoms with Gasteiger partial charge in [-0.15, -0.1) is 0 Å². The number of benzene rings is 1. The maximum absolute atomic E-state index is 12.0. The number of ether oxygens (including phenoxy) is 2. The molecule has 0 saturated carbocycles. The number of aryl methyl sites for hydroxylation is 1. The molecule has 0 aliphatic rings. The first kappa shape index (κ1) is 15.1. The second kappa shape index (κ2) is 6.90. The molecule has 1 aromatic carbocycles. The Balaban J connectivity index is 2.06. The van der Waals surface area contributed by atoms with E-state index >= 15 is 0 Å². The zero-order valence-corrected chi connectivity index (χ0v) is 12.3. The highest BCUT2D eigenvalue weighted by molar-refractivity contribution is 5.94. The van der Waals surface area contributed by atoms with E-state index in [1.165, 1.54) is 6.20 Å². The van der Waals surface area contributed by atoms with Gasteiger partial charge < -0.3 is 19.3 Å². The van der Waals surface area contributed by atoms with Crippen molar-refractivity contribution in [3.05, 3.63) is 47.3 Å². The van der Waals surface area contributed by atoms with Gasteiger partial charge in [0.1, 0.15) is 23.2 Å². The second-order valence-electron chi connectivity index (χ2n) is 4.47. The van der Waals surface area contributed by atoms with Crippen LogP contribution >= 0.6 is 0 Å². The van der Waals surface area contributed by atoms with Crippen molar-refractivity contribution in [1.29, 1.82) is 0 Å². The minimum absolute atomic E-state index is 0.245. The highest BCUT2D eigenvalue weighted by atomic mass is 16.5. The third kappa shape index (κ3) is 3.41. The lowest BCUT2D eigenvalue weighted by molar-refractivity contribution is 0.0818. The van der Waals surface area contributed by atoms with Crippen molar-refractivity contribution >= 4 is 5.91 Å². The Morgan fingerprint density at radius 3 is 2.76 bits per heavy atom. The molecule has 0 spiro atoms. The molecular formula is C15H18N2O4. The molecule has 0 fully saturated rings. The van der Waals surface area contributed by atoms with Crippen molar-refractivity contribution in [1.82, 2.24) is 10.5 Å². The standard InChI is InChI=1S/C15H18N2O4/c1-10-12(8-17-21-10)15(18)16-9-14(20-3)11-6-4-5-7-13(11)19-2/h4-8,14H,9H2,1-3H3,(H,16,18)/t14-/m0/s1. The lowest BCUT2D eigenvalue weighted by atomic mass is 10.1. The zero-order valence-electron chi connectivity index (χ0n) is 12.3. The third-order valence-electron chi connectivity index (χ3n) is 3.21. The fourth-order valence-corrected chi connectivity index (χ4v) is 2.05. The number of rotatable bonds is 6. The molecule has 0 saturated heterocycles. The van der Waals surface area contributed by atoms with E-state index in [2.05, 4.69) is 10.5 Å². The number of hydrogen-bond acceptors (Lipinski definition) is 5. The number of hydrogen-bond donors (Lipinski definition) is 1. The fraction of sp³-hybridized carbons (Fsp3) is 0.333. The lowest BCUT2D eigenvalue weighted by Crippen LogP contribution is -2.29. The van der Waals surface area contributed by atoms with Crippen LogP contribution in [-0.2, 0) is 4.74 Å². The Bertz CT molecular complexity index is 609. The fourth-order valence-electron chi connectivity index (χ4n) is 2.05. The van der Waals surface area contributed by atoms with Crippen LogP contribution in [-0.4, -0.2) is 31.8 Å². The Morgan fingerprint density at radius 1 is 1.38 bits per heavy atom. The number of nitrogens with one attached hydrogen (secondary N) is 1. The van der Waals surface area contributed by atoms with Crippen molar-refractivity contribution in [3.8, 4) is 5.75 Å². The smallest absolute Gasteiger partial charge is 0.256 e. The van der Waals surface area contributed by atoms with Crippen LogP contribution in [0, 0.1) is 6.92 Å². The molecule has 21 heavy (non-hydrogen) atoms. The molecule has 6 heteroatoms. The lowest BCUT2D eigenvalue weighted by Gasteiger charge is -2.18. The first-order chi connectivity index (χ1) is 10.2. The summed E-state index contributed by atoms with van der Waals surface area (Å²) in [7, 11) is 3.19. The van der Waals surface area contributed by atoms with E-state index in [-0.39, 0.29) is 12.0 Å². The number of aromatic nitrogens is 1. The predicted molar refractivity (Wildman–Crippen MR) is 76.3 cm³/mol. The molecule has 1 heterocycles. The van der Waals surface area contributed by atoms with Gasteiger partial charge in [0, 0.05) is 19.2 Å². The number of nitrogens with zero attached hydrogens (tertiary/aromatic N) is 1. The summed E-state index contributed by atoms with van der Waals surface area (Å²) in [4.78, 5) is 12.0. The molecule has 2 aromatic rings. The van der Waals surface area contributed by atoms with E-state index in [0.29, 0.717) is 17.9 Å². The Hall–Kier alpha value is -2.34. The van der Waals surface area contributed by atoms with E-state index in [4.69, 9.17) is 14.0 Å². The normalized spacial score (nSPS) is 12.0. The van der Waals surface area contributed by atoms with Gasteiger partial charge in [-0.2, -0.15) is 0 Å². The van der Waals surface area contributed by atoms with Crippen molar-refractivity contribution < 1.29 is 18.8 Å². The minimum Gasteiger partial charge on any atom is -0.496 e. The van der Waals surface area contributed by atoms with Crippen LogP contribution in [0.25, 0.3) is 0 Å². The highest BCUT2D eigenvalue weighted by Crippen LogP contribution is 2.26. The Labute approximate surface area is 123 Å². The minimum atomic E-state index is -0.301. The van der Waals surface area contributed by atoms with Gasteiger partial charge in [-0.25, -0.2) is 0 Å². The molecular weight excluding hydrogens is 272 g/mol. The summed E-state index contributed by atoms with van der Waals surface area (Å²) in [6.07, 6.45) is 1.10. The molecule has 6 nitrogen and oxygen atoms in total. The molecule has 0 radical (unpaired) electrons. The van der Waals surface area contributed by atoms with Crippen molar-refractivity contribution in [2.45, 2.75) is 13.0 Å². The first-order valence-corrected chi connectivity index (χ1v) is 6.52. The summed E-state index contributed by atoms with van der Waals surface area (Å²) in [5, 5.41) is 6.40. The van der Waals surface area contributed by atoms with E-state index in [9.17, 15) is 4.79 Å². The maximum atomic E-state index is 12.0. The quantitative estimate of drug-likeness (QED) is 0.882. The van der Waals surface area contributed by atoms with Crippen LogP contribution in [0.15, 0.2) is 35.0 Å². The molecule has 0 aliphatic heterocycles. The SMILES string of the molecule is COc1ccccc1[C@H](CNC(=O)c1cnoc1C)OC. The average Bonchev–Trinajstić information content (AvgIpc) is 2.94. The molecule has 1 aromatic heterocycles. The molecule has 1 N–H and O–H groups in total. The van der Waals surface area contributed by atoms with Gasteiger partial charge in [-0.3, -0.25) is 4.79 Å². The second-order valence-corrected chi connectivity index (χ2v) is 4.47. The molecule has 1 amide bonds. The maximum Gasteiger partial charge on any atom is 0.256 e. The number of para-hydroxylation sites is 1. The van der Waals surface area contributed by atoms with Crippen LogP contribution in [0.2, 0.25) is 0 Å². The van der Waals surface area contributed by atoms with Crippen LogP contribution in [0.3, 0.4) is 0 Å². The summed E-state index contributed by atoms with van der Waals surface area (Å²) in [6.45, 7) is 2.01. The van der Waals surface area contributed by atoms with Gasteiger partial charge in [0.15, 0.2) is 0 Å². The van der Waals surface area contributed by atoms with Gasteiger partial charge in [0.25, 0.3) is 5.91 Å². The summed E-state index contributed by atoms with van der Waals surface area (Å²) in [5.74, 6) is 0.962. The monoisotopic (exact) mass is 290 g/mol. The summed E-state index contributed by atoms with van der Waals surface area (Å²) < 4.78 is 15.6. The first-order valence-electron chi connectivity index (χ1n) is 6.52. The number of amides is 1.